The number of amides is 1. The third-order valence-corrected chi connectivity index (χ3v) is 6.49. The second kappa shape index (κ2) is 9.31. The maximum absolute atomic E-state index is 13.5. The molecular formula is C20H33FN4O2. The molecule has 1 heterocycles. The zero-order chi connectivity index (χ0) is 19.4. The van der Waals surface area contributed by atoms with Gasteiger partial charge >= 0.3 is 0 Å². The van der Waals surface area contributed by atoms with Crippen LogP contribution in [0.5, 0.6) is 0 Å². The van der Waals surface area contributed by atoms with Gasteiger partial charge in [-0.05, 0) is 51.4 Å². The topological polar surface area (TPSA) is 86.2 Å². The Labute approximate surface area is 161 Å². The van der Waals surface area contributed by atoms with Crippen LogP contribution in [0, 0.1) is 23.2 Å². The molecule has 1 aliphatic heterocycles. The molecule has 1 saturated heterocycles. The number of nitrogens with zero attached hydrogens (tertiary/aromatic N) is 1. The molecule has 0 aromatic heterocycles. The van der Waals surface area contributed by atoms with E-state index in [1.54, 1.807) is 0 Å². The summed E-state index contributed by atoms with van der Waals surface area (Å²) in [4.78, 5) is 11.7. The van der Waals surface area contributed by atoms with E-state index in [9.17, 15) is 14.4 Å². The minimum Gasteiger partial charge on any atom is -0.376 e. The monoisotopic (exact) mass is 380 g/mol. The van der Waals surface area contributed by atoms with Crippen LogP contribution in [0.2, 0.25) is 0 Å². The fourth-order valence-electron chi connectivity index (χ4n) is 5.20. The number of alkyl halides is 1. The molecule has 152 valence electrons. The summed E-state index contributed by atoms with van der Waals surface area (Å²) in [6.07, 6.45) is 3.81. The maximum atomic E-state index is 13.5. The summed E-state index contributed by atoms with van der Waals surface area (Å²) in [7, 11) is 0. The number of piperidine rings is 1. The summed E-state index contributed by atoms with van der Waals surface area (Å²) in [5.41, 5.74) is 0. The molecule has 0 aromatic rings. The molecule has 3 fully saturated rings. The van der Waals surface area contributed by atoms with Gasteiger partial charge in [-0.25, -0.2) is 4.39 Å². The third kappa shape index (κ3) is 4.98. The van der Waals surface area contributed by atoms with Gasteiger partial charge < -0.3 is 20.7 Å². The Bertz CT molecular complexity index is 547. The number of nitrogens with one attached hydrogen (secondary N) is 3. The first-order valence-electron chi connectivity index (χ1n) is 10.4. The fourth-order valence-corrected chi connectivity index (χ4v) is 5.20. The van der Waals surface area contributed by atoms with Gasteiger partial charge in [0.2, 0.25) is 5.91 Å². The lowest BCUT2D eigenvalue weighted by Crippen LogP contribution is -2.66. The molecule has 6 unspecified atom stereocenters. The minimum absolute atomic E-state index is 0.00564. The molecule has 7 heteroatoms. The number of nitriles is 1. The highest BCUT2D eigenvalue weighted by molar-refractivity contribution is 5.73. The Balaban J connectivity index is 1.73. The Hall–Kier alpha value is -1.23. The van der Waals surface area contributed by atoms with Crippen LogP contribution in [0.15, 0.2) is 0 Å². The smallest absolute Gasteiger partial charge is 0.217 e. The second-order valence-corrected chi connectivity index (χ2v) is 8.33. The average Bonchev–Trinajstić information content (AvgIpc) is 2.64. The largest absolute Gasteiger partial charge is 0.376 e. The molecule has 1 amide bonds. The Morgan fingerprint density at radius 1 is 1.30 bits per heavy atom. The van der Waals surface area contributed by atoms with E-state index >= 15 is 0 Å². The second-order valence-electron chi connectivity index (χ2n) is 8.33. The van der Waals surface area contributed by atoms with Crippen molar-refractivity contribution in [3.8, 4) is 6.07 Å². The molecule has 3 rings (SSSR count). The van der Waals surface area contributed by atoms with E-state index in [2.05, 4.69) is 22.0 Å². The van der Waals surface area contributed by atoms with E-state index in [4.69, 9.17) is 4.74 Å². The lowest BCUT2D eigenvalue weighted by atomic mass is 9.69. The molecule has 27 heavy (non-hydrogen) atoms. The number of hydrogen-bond acceptors (Lipinski definition) is 5. The van der Waals surface area contributed by atoms with Gasteiger partial charge in [-0.2, -0.15) is 5.26 Å². The Morgan fingerprint density at radius 2 is 2.04 bits per heavy atom. The van der Waals surface area contributed by atoms with Gasteiger partial charge in [-0.15, -0.1) is 0 Å². The predicted molar refractivity (Wildman–Crippen MR) is 101 cm³/mol. The molecule has 2 aliphatic carbocycles. The number of rotatable bonds is 5. The summed E-state index contributed by atoms with van der Waals surface area (Å²) < 4.78 is 19.4. The summed E-state index contributed by atoms with van der Waals surface area (Å²) in [6, 6.07) is 3.04. The van der Waals surface area contributed by atoms with Crippen molar-refractivity contribution in [2.24, 2.45) is 11.8 Å². The van der Waals surface area contributed by atoms with Gasteiger partial charge in [-0.1, -0.05) is 0 Å². The van der Waals surface area contributed by atoms with Crippen molar-refractivity contribution in [2.45, 2.75) is 88.8 Å². The molecule has 0 aromatic carbocycles. The van der Waals surface area contributed by atoms with Crippen molar-refractivity contribution < 1.29 is 13.9 Å². The summed E-state index contributed by atoms with van der Waals surface area (Å²) in [5.74, 6) is 0.0885. The van der Waals surface area contributed by atoms with E-state index in [-0.39, 0.29) is 48.0 Å². The highest BCUT2D eigenvalue weighted by Gasteiger charge is 2.47. The van der Waals surface area contributed by atoms with Crippen LogP contribution in [0.1, 0.15) is 52.4 Å². The van der Waals surface area contributed by atoms with Crippen LogP contribution in [0.4, 0.5) is 4.39 Å². The molecule has 0 radical (unpaired) electrons. The van der Waals surface area contributed by atoms with Crippen molar-refractivity contribution in [3.63, 3.8) is 0 Å². The highest BCUT2D eigenvalue weighted by Crippen LogP contribution is 2.36. The van der Waals surface area contributed by atoms with Crippen molar-refractivity contribution in [3.05, 3.63) is 0 Å². The van der Waals surface area contributed by atoms with E-state index in [0.717, 1.165) is 25.7 Å². The molecule has 3 aliphatic rings. The minimum atomic E-state index is -0.679. The summed E-state index contributed by atoms with van der Waals surface area (Å²) >= 11 is 0. The highest BCUT2D eigenvalue weighted by atomic mass is 19.1. The average molecular weight is 381 g/mol. The lowest BCUT2D eigenvalue weighted by Gasteiger charge is -2.50. The molecule has 0 bridgehead atoms. The van der Waals surface area contributed by atoms with E-state index in [1.807, 2.05) is 6.92 Å². The normalized spacial score (nSPS) is 42.0. The van der Waals surface area contributed by atoms with Gasteiger partial charge in [0.1, 0.15) is 6.17 Å². The van der Waals surface area contributed by atoms with Gasteiger partial charge in [0.15, 0.2) is 0 Å². The number of fused-ring (bicyclic) bond motifs is 1. The van der Waals surface area contributed by atoms with E-state index in [0.29, 0.717) is 26.0 Å². The Morgan fingerprint density at radius 3 is 2.67 bits per heavy atom. The van der Waals surface area contributed by atoms with Gasteiger partial charge in [0.25, 0.3) is 0 Å². The molecule has 3 N–H and O–H groups in total. The SMILES string of the molecule is CCOC1CC2NCC(C#N)C(NC3CCC(F)CC3)C2CC1NC(C)=O. The zero-order valence-electron chi connectivity index (χ0n) is 16.4. The third-order valence-electron chi connectivity index (χ3n) is 6.49. The van der Waals surface area contributed by atoms with Crippen molar-refractivity contribution >= 4 is 5.91 Å². The number of halogens is 1. The van der Waals surface area contributed by atoms with Gasteiger partial charge in [-0.3, -0.25) is 4.79 Å². The summed E-state index contributed by atoms with van der Waals surface area (Å²) in [6.45, 7) is 4.80. The first-order valence-corrected chi connectivity index (χ1v) is 10.4. The molecule has 2 saturated carbocycles. The van der Waals surface area contributed by atoms with Crippen molar-refractivity contribution in [1.82, 2.24) is 16.0 Å². The van der Waals surface area contributed by atoms with E-state index in [1.165, 1.54) is 6.92 Å². The number of ether oxygens (including phenoxy) is 1. The van der Waals surface area contributed by atoms with Crippen LogP contribution in [-0.4, -0.2) is 55.5 Å². The maximum Gasteiger partial charge on any atom is 0.217 e. The van der Waals surface area contributed by atoms with Crippen LogP contribution >= 0.6 is 0 Å². The number of carbonyl (C=O) groups is 1. The zero-order valence-corrected chi connectivity index (χ0v) is 16.4. The quantitative estimate of drug-likeness (QED) is 0.675. The van der Waals surface area contributed by atoms with Crippen molar-refractivity contribution in [1.29, 1.82) is 5.26 Å². The molecule has 6 nitrogen and oxygen atoms in total. The lowest BCUT2D eigenvalue weighted by molar-refractivity contribution is -0.122. The summed E-state index contributed by atoms with van der Waals surface area (Å²) in [5, 5.41) is 20.0. The first-order chi connectivity index (χ1) is 13.0. The number of carbonyl (C=O) groups excluding carboxylic acids is 1. The van der Waals surface area contributed by atoms with Gasteiger partial charge in [0, 0.05) is 38.2 Å². The number of hydrogen-bond donors (Lipinski definition) is 3. The van der Waals surface area contributed by atoms with Crippen LogP contribution < -0.4 is 16.0 Å². The molecular weight excluding hydrogens is 347 g/mol. The fraction of sp³-hybridized carbons (Fsp3) is 0.900. The van der Waals surface area contributed by atoms with Crippen LogP contribution in [-0.2, 0) is 9.53 Å². The van der Waals surface area contributed by atoms with Gasteiger partial charge in [0.05, 0.1) is 24.1 Å². The van der Waals surface area contributed by atoms with Crippen molar-refractivity contribution in [2.75, 3.05) is 13.2 Å². The van der Waals surface area contributed by atoms with Crippen LogP contribution in [0.3, 0.4) is 0 Å². The Kier molecular flexibility index (Phi) is 7.07. The molecule has 6 atom stereocenters. The predicted octanol–water partition coefficient (Wildman–Crippen LogP) is 1.66. The molecule has 0 spiro atoms. The first kappa shape index (κ1) is 20.5. The standard InChI is InChI=1S/C20H33FN4O2/c1-3-27-19-9-17-16(8-18(19)24-12(2)26)20(13(10-22)11-23-17)25-15-6-4-14(21)5-7-15/h13-20,23,25H,3-9,11H2,1-2H3,(H,24,26). The van der Waals surface area contributed by atoms with E-state index < -0.39 is 6.17 Å². The van der Waals surface area contributed by atoms with Crippen LogP contribution in [0.25, 0.3) is 0 Å².